The van der Waals surface area contributed by atoms with E-state index in [2.05, 4.69) is 33.5 Å². The summed E-state index contributed by atoms with van der Waals surface area (Å²) in [6, 6.07) is 8.09. The van der Waals surface area contributed by atoms with Crippen molar-refractivity contribution >= 4 is 51.1 Å². The van der Waals surface area contributed by atoms with Gasteiger partial charge < -0.3 is 20.6 Å². The first-order valence-electron chi connectivity index (χ1n) is 13.2. The molecule has 0 saturated carbocycles. The van der Waals surface area contributed by atoms with E-state index >= 15 is 0 Å². The van der Waals surface area contributed by atoms with E-state index in [0.717, 1.165) is 25.7 Å². The Morgan fingerprint density at radius 2 is 1.94 bits per heavy atom. The molecule has 2 bridgehead atoms. The molecule has 3 N–H and O–H groups in total. The highest BCUT2D eigenvalue weighted by atomic mass is 79.9. The standard InChI is InChI=1S/C27H38BrN3O4S/c1-4-6-10-13-29-25(34)23-27-14-18(28)22(36-27)20(24(33)30-17-11-8-7-9-12-17)21(27)26(35)31(23)19(15-32)16(3)5-2/h7-9,11-12,16,18-23,32H,4-6,10,13-15H2,1-3H3,(H,29,34)(H,30,33)/t16-,18?,19-,20-,21-,22-,23?,27?/m0/s1. The molecule has 36 heavy (non-hydrogen) atoms. The number of amides is 3. The minimum atomic E-state index is -0.715. The van der Waals surface area contributed by atoms with Crippen LogP contribution in [0.2, 0.25) is 0 Å². The predicted octanol–water partition coefficient (Wildman–Crippen LogP) is 3.80. The minimum absolute atomic E-state index is 0.0168. The van der Waals surface area contributed by atoms with E-state index in [1.807, 2.05) is 44.2 Å². The van der Waals surface area contributed by atoms with Gasteiger partial charge in [-0.1, -0.05) is 74.2 Å². The Kier molecular flexibility index (Phi) is 8.72. The summed E-state index contributed by atoms with van der Waals surface area (Å²) in [6.07, 6.45) is 4.36. The molecule has 0 aromatic heterocycles. The molecule has 3 aliphatic rings. The van der Waals surface area contributed by atoms with Gasteiger partial charge in [0.15, 0.2) is 0 Å². The lowest BCUT2D eigenvalue weighted by molar-refractivity contribution is -0.143. The average Bonchev–Trinajstić information content (AvgIpc) is 3.46. The first-order valence-corrected chi connectivity index (χ1v) is 15.0. The summed E-state index contributed by atoms with van der Waals surface area (Å²) in [7, 11) is 0. The van der Waals surface area contributed by atoms with Crippen LogP contribution in [0, 0.1) is 17.8 Å². The summed E-state index contributed by atoms with van der Waals surface area (Å²) in [5, 5.41) is 16.4. The van der Waals surface area contributed by atoms with Crippen molar-refractivity contribution in [2.45, 2.75) is 79.8 Å². The van der Waals surface area contributed by atoms with Gasteiger partial charge in [0.2, 0.25) is 17.7 Å². The van der Waals surface area contributed by atoms with Gasteiger partial charge in [-0.05, 0) is 30.9 Å². The SMILES string of the molecule is CCCCCNC(=O)C1N([C@@H](CO)[C@@H](C)CC)C(=O)[C@@H]2[C@H](C(=O)Nc3ccccc3)[C@H]3SC12CC3Br. The zero-order valence-electron chi connectivity index (χ0n) is 21.3. The molecule has 3 amide bonds. The molecule has 198 valence electrons. The summed E-state index contributed by atoms with van der Waals surface area (Å²) in [5.74, 6) is -1.67. The number of carbonyl (C=O) groups is 3. The zero-order valence-corrected chi connectivity index (χ0v) is 23.7. The number of nitrogens with zero attached hydrogens (tertiary/aromatic N) is 1. The van der Waals surface area contributed by atoms with E-state index in [9.17, 15) is 19.5 Å². The number of hydrogen-bond donors (Lipinski definition) is 3. The van der Waals surface area contributed by atoms with E-state index in [1.165, 1.54) is 0 Å². The number of fused-ring (bicyclic) bond motifs is 1. The van der Waals surface area contributed by atoms with Gasteiger partial charge in [-0.25, -0.2) is 0 Å². The molecule has 0 radical (unpaired) electrons. The number of rotatable bonds is 11. The average molecular weight is 581 g/mol. The van der Waals surface area contributed by atoms with Crippen LogP contribution in [0.3, 0.4) is 0 Å². The van der Waals surface area contributed by atoms with Gasteiger partial charge in [-0.2, -0.15) is 0 Å². The van der Waals surface area contributed by atoms with E-state index in [-0.39, 0.29) is 40.3 Å². The fraction of sp³-hybridized carbons (Fsp3) is 0.667. The molecular formula is C27H38BrN3O4S. The van der Waals surface area contributed by atoms with Crippen molar-refractivity contribution in [2.75, 3.05) is 18.5 Å². The number of carbonyl (C=O) groups excluding carboxylic acids is 3. The Labute approximate surface area is 226 Å². The number of likely N-dealkylation sites (tertiary alicyclic amines) is 1. The second-order valence-electron chi connectivity index (χ2n) is 10.4. The summed E-state index contributed by atoms with van der Waals surface area (Å²) in [6.45, 7) is 6.50. The van der Waals surface area contributed by atoms with Gasteiger partial charge in [0.05, 0.1) is 29.2 Å². The number of alkyl halides is 1. The van der Waals surface area contributed by atoms with Crippen LogP contribution < -0.4 is 10.6 Å². The topological polar surface area (TPSA) is 98.7 Å². The number of aliphatic hydroxyl groups is 1. The second kappa shape index (κ2) is 11.4. The molecule has 9 heteroatoms. The molecule has 1 aromatic rings. The maximum Gasteiger partial charge on any atom is 0.244 e. The van der Waals surface area contributed by atoms with Gasteiger partial charge in [0.25, 0.3) is 0 Å². The van der Waals surface area contributed by atoms with Crippen molar-refractivity contribution in [1.82, 2.24) is 10.2 Å². The van der Waals surface area contributed by atoms with Crippen molar-refractivity contribution in [2.24, 2.45) is 17.8 Å². The third-order valence-electron chi connectivity index (χ3n) is 8.24. The number of para-hydroxylation sites is 1. The third kappa shape index (κ3) is 4.71. The number of unbranched alkanes of at least 4 members (excludes halogenated alkanes) is 2. The quantitative estimate of drug-likeness (QED) is 0.273. The summed E-state index contributed by atoms with van der Waals surface area (Å²) >= 11 is 5.42. The van der Waals surface area contributed by atoms with Crippen molar-refractivity contribution in [3.63, 3.8) is 0 Å². The molecule has 3 saturated heterocycles. The van der Waals surface area contributed by atoms with Crippen LogP contribution in [0.4, 0.5) is 5.69 Å². The highest BCUT2D eigenvalue weighted by Gasteiger charge is 2.76. The van der Waals surface area contributed by atoms with Crippen LogP contribution in [0.1, 0.15) is 52.9 Å². The van der Waals surface area contributed by atoms with E-state index in [1.54, 1.807) is 16.7 Å². The molecule has 0 aliphatic carbocycles. The monoisotopic (exact) mass is 579 g/mol. The normalized spacial score (nSPS) is 32.3. The van der Waals surface area contributed by atoms with Gasteiger partial charge in [0, 0.05) is 22.3 Å². The van der Waals surface area contributed by atoms with E-state index < -0.39 is 28.7 Å². The lowest BCUT2D eigenvalue weighted by Gasteiger charge is -2.39. The third-order valence-corrected chi connectivity index (χ3v) is 11.5. The summed E-state index contributed by atoms with van der Waals surface area (Å²) in [4.78, 5) is 43.3. The van der Waals surface area contributed by atoms with Crippen molar-refractivity contribution in [1.29, 1.82) is 0 Å². The van der Waals surface area contributed by atoms with Crippen LogP contribution in [0.25, 0.3) is 0 Å². The summed E-state index contributed by atoms with van der Waals surface area (Å²) < 4.78 is -0.704. The van der Waals surface area contributed by atoms with Crippen molar-refractivity contribution in [3.05, 3.63) is 30.3 Å². The van der Waals surface area contributed by atoms with Crippen LogP contribution >= 0.6 is 27.7 Å². The van der Waals surface area contributed by atoms with Gasteiger partial charge in [-0.3, -0.25) is 14.4 Å². The number of thioether (sulfide) groups is 1. The Morgan fingerprint density at radius 3 is 2.58 bits per heavy atom. The first-order chi connectivity index (χ1) is 17.3. The number of benzene rings is 1. The Balaban J connectivity index is 1.70. The summed E-state index contributed by atoms with van der Waals surface area (Å²) in [5.41, 5.74) is 0.691. The van der Waals surface area contributed by atoms with E-state index in [4.69, 9.17) is 0 Å². The minimum Gasteiger partial charge on any atom is -0.394 e. The molecule has 7 nitrogen and oxygen atoms in total. The van der Waals surface area contributed by atoms with Crippen LogP contribution in [-0.2, 0) is 14.4 Å². The molecule has 3 fully saturated rings. The molecule has 3 unspecified atom stereocenters. The zero-order chi connectivity index (χ0) is 26.0. The Bertz CT molecular complexity index is 966. The van der Waals surface area contributed by atoms with Crippen molar-refractivity contribution in [3.8, 4) is 0 Å². The maximum absolute atomic E-state index is 14.2. The fourth-order valence-electron chi connectivity index (χ4n) is 6.27. The number of aliphatic hydroxyl groups excluding tert-OH is 1. The molecule has 8 atom stereocenters. The smallest absolute Gasteiger partial charge is 0.244 e. The first kappa shape index (κ1) is 27.5. The highest BCUT2D eigenvalue weighted by molar-refractivity contribution is 9.09. The molecule has 3 aliphatic heterocycles. The second-order valence-corrected chi connectivity index (χ2v) is 13.1. The Hall–Kier alpha value is -1.58. The van der Waals surface area contributed by atoms with Crippen LogP contribution in [0.5, 0.6) is 0 Å². The van der Waals surface area contributed by atoms with Gasteiger partial charge in [0.1, 0.15) is 6.04 Å². The Morgan fingerprint density at radius 1 is 1.22 bits per heavy atom. The molecule has 1 aromatic carbocycles. The molecule has 4 rings (SSSR count). The van der Waals surface area contributed by atoms with Gasteiger partial charge in [-0.15, -0.1) is 11.8 Å². The van der Waals surface area contributed by atoms with Crippen LogP contribution in [0.15, 0.2) is 30.3 Å². The fourth-order valence-corrected chi connectivity index (χ4v) is 9.87. The number of anilines is 1. The predicted molar refractivity (Wildman–Crippen MR) is 147 cm³/mol. The van der Waals surface area contributed by atoms with Crippen LogP contribution in [-0.4, -0.2) is 67.8 Å². The lowest BCUT2D eigenvalue weighted by Crippen LogP contribution is -2.58. The number of halogens is 1. The molecular weight excluding hydrogens is 542 g/mol. The maximum atomic E-state index is 14.2. The van der Waals surface area contributed by atoms with Gasteiger partial charge >= 0.3 is 0 Å². The highest BCUT2D eigenvalue weighted by Crippen LogP contribution is 2.68. The number of nitrogens with one attached hydrogen (secondary N) is 2. The lowest BCUT2D eigenvalue weighted by atomic mass is 9.70. The van der Waals surface area contributed by atoms with Crippen molar-refractivity contribution < 1.29 is 19.5 Å². The largest absolute Gasteiger partial charge is 0.394 e. The molecule has 3 heterocycles. The van der Waals surface area contributed by atoms with E-state index in [0.29, 0.717) is 18.7 Å². The molecule has 1 spiro atoms. The number of hydrogen-bond acceptors (Lipinski definition) is 5.